The average molecular weight is 594 g/mol. The van der Waals surface area contributed by atoms with Gasteiger partial charge in [0, 0.05) is 9.89 Å². The van der Waals surface area contributed by atoms with Crippen LogP contribution >= 0.6 is 31.9 Å². The normalized spacial score (nSPS) is 13.6. The van der Waals surface area contributed by atoms with Crippen LogP contribution in [0.3, 0.4) is 0 Å². The van der Waals surface area contributed by atoms with Crippen molar-refractivity contribution < 1.29 is 39.4 Å². The highest BCUT2D eigenvalue weighted by atomic mass is 79.9. The zero-order valence-corrected chi connectivity index (χ0v) is 21.7. The Bertz CT molecular complexity index is 860. The van der Waals surface area contributed by atoms with Crippen LogP contribution in [0.1, 0.15) is 25.0 Å². The minimum atomic E-state index is -1.17. The summed E-state index contributed by atoms with van der Waals surface area (Å²) in [6.45, 7) is 4.07. The summed E-state index contributed by atoms with van der Waals surface area (Å²) in [5.74, 6) is 0.943. The third-order valence-electron chi connectivity index (χ3n) is 4.82. The first kappa shape index (κ1) is 28.0. The number of benzene rings is 2. The quantitative estimate of drug-likeness (QED) is 0.195. The molecule has 0 heterocycles. The van der Waals surface area contributed by atoms with Crippen LogP contribution in [0.15, 0.2) is 45.3 Å². The monoisotopic (exact) mass is 592 g/mol. The van der Waals surface area contributed by atoms with E-state index in [2.05, 4.69) is 45.7 Å². The van der Waals surface area contributed by atoms with Crippen molar-refractivity contribution in [1.82, 2.24) is 0 Å². The van der Waals surface area contributed by atoms with E-state index in [1.807, 2.05) is 18.2 Å². The molecule has 0 bridgehead atoms. The van der Waals surface area contributed by atoms with Gasteiger partial charge in [0.15, 0.2) is 0 Å². The Morgan fingerprint density at radius 1 is 0.788 bits per heavy atom. The third kappa shape index (κ3) is 8.18. The molecule has 184 valence electrons. The summed E-state index contributed by atoms with van der Waals surface area (Å²) in [6.07, 6.45) is -2.30. The molecule has 2 atom stereocenters. The van der Waals surface area contributed by atoms with Crippen LogP contribution in [-0.4, -0.2) is 72.6 Å². The predicted octanol–water partition coefficient (Wildman–Crippen LogP) is 2.95. The molecular weight excluding hydrogens is 564 g/mol. The van der Waals surface area contributed by atoms with E-state index in [0.29, 0.717) is 16.0 Å². The predicted molar refractivity (Wildman–Crippen MR) is 129 cm³/mol. The summed E-state index contributed by atoms with van der Waals surface area (Å²) in [5, 5.41) is 37.3. The Balaban J connectivity index is 2.11. The molecule has 2 unspecified atom stereocenters. The molecule has 0 aliphatic heterocycles. The van der Waals surface area contributed by atoms with Crippen molar-refractivity contribution in [3.05, 3.63) is 56.5 Å². The Kier molecular flexibility index (Phi) is 11.5. The van der Waals surface area contributed by atoms with Gasteiger partial charge in [-0.1, -0.05) is 32.0 Å². The van der Waals surface area contributed by atoms with E-state index in [0.717, 1.165) is 15.6 Å². The molecule has 0 radical (unpaired) electrons. The molecule has 0 amide bonds. The van der Waals surface area contributed by atoms with Gasteiger partial charge in [0.25, 0.3) is 0 Å². The zero-order valence-electron chi connectivity index (χ0n) is 18.5. The lowest BCUT2D eigenvalue weighted by molar-refractivity contribution is -0.0814. The zero-order chi connectivity index (χ0) is 24.4. The highest BCUT2D eigenvalue weighted by molar-refractivity contribution is 9.13. The van der Waals surface area contributed by atoms with E-state index in [-0.39, 0.29) is 39.6 Å². The first-order chi connectivity index (χ1) is 15.7. The van der Waals surface area contributed by atoms with Gasteiger partial charge >= 0.3 is 0 Å². The van der Waals surface area contributed by atoms with Gasteiger partial charge in [-0.15, -0.1) is 0 Å². The van der Waals surface area contributed by atoms with Crippen molar-refractivity contribution in [3.63, 3.8) is 0 Å². The van der Waals surface area contributed by atoms with Gasteiger partial charge in [0.05, 0.1) is 30.9 Å². The van der Waals surface area contributed by atoms with Crippen LogP contribution in [0.4, 0.5) is 0 Å². The molecule has 0 fully saturated rings. The molecule has 4 N–H and O–H groups in total. The van der Waals surface area contributed by atoms with E-state index in [9.17, 15) is 10.2 Å². The van der Waals surface area contributed by atoms with E-state index in [1.165, 1.54) is 0 Å². The molecule has 2 aromatic rings. The molecule has 0 saturated heterocycles. The third-order valence-corrected chi connectivity index (χ3v) is 6.97. The molecule has 0 aliphatic carbocycles. The Morgan fingerprint density at radius 2 is 1.33 bits per heavy atom. The van der Waals surface area contributed by atoms with E-state index in [4.69, 9.17) is 29.2 Å². The maximum atomic E-state index is 9.99. The summed E-state index contributed by atoms with van der Waals surface area (Å²) < 4.78 is 22.6. The summed E-state index contributed by atoms with van der Waals surface area (Å²) in [5.41, 5.74) is 1.60. The lowest BCUT2D eigenvalue weighted by Gasteiger charge is -2.29. The number of hydrogen-bond donors (Lipinski definition) is 4. The van der Waals surface area contributed by atoms with Gasteiger partial charge in [0.1, 0.15) is 24.7 Å². The first-order valence-corrected chi connectivity index (χ1v) is 11.9. The van der Waals surface area contributed by atoms with Crippen molar-refractivity contribution >= 4 is 31.9 Å². The molecule has 2 aromatic carbocycles. The fraction of sp³-hybridized carbons (Fsp3) is 0.478. The van der Waals surface area contributed by atoms with Crippen molar-refractivity contribution in [1.29, 1.82) is 0 Å². The highest BCUT2D eigenvalue weighted by Gasteiger charge is 2.28. The minimum Gasteiger partial charge on any atom is -0.463 e. The molecule has 8 nitrogen and oxygen atoms in total. The second kappa shape index (κ2) is 13.6. The summed E-state index contributed by atoms with van der Waals surface area (Å²) >= 11 is 7.16. The largest absolute Gasteiger partial charge is 0.463 e. The van der Waals surface area contributed by atoms with Crippen molar-refractivity contribution in [3.8, 4) is 11.5 Å². The van der Waals surface area contributed by atoms with Gasteiger partial charge in [-0.05, 0) is 61.2 Å². The minimum absolute atomic E-state index is 0.0363. The van der Waals surface area contributed by atoms with Crippen LogP contribution in [-0.2, 0) is 14.9 Å². The Hall–Kier alpha value is -1.24. The topological polar surface area (TPSA) is 118 Å². The number of aliphatic hydroxyl groups is 4. The van der Waals surface area contributed by atoms with E-state index >= 15 is 0 Å². The number of hydrogen-bond acceptors (Lipinski definition) is 8. The standard InChI is InChI=1S/C23H30Br2O8/c1-23(2,15-3-5-16(6-4-15)32-19(28)13-30-11-9-26)17-7-8-18(22(25)21(17)24)33-20(29)14-31-12-10-27/h3-8,19-20,26-29H,9-14H2,1-2H3. The second-order valence-corrected chi connectivity index (χ2v) is 9.22. The van der Waals surface area contributed by atoms with Crippen LogP contribution in [0.2, 0.25) is 0 Å². The fourth-order valence-electron chi connectivity index (χ4n) is 3.08. The molecule has 0 spiro atoms. The Labute approximate surface area is 210 Å². The van der Waals surface area contributed by atoms with Crippen LogP contribution < -0.4 is 9.47 Å². The molecule has 0 saturated carbocycles. The number of ether oxygens (including phenoxy) is 4. The number of aliphatic hydroxyl groups excluding tert-OH is 4. The van der Waals surface area contributed by atoms with Gasteiger partial charge < -0.3 is 39.4 Å². The molecular formula is C23H30Br2O8. The Morgan fingerprint density at radius 3 is 1.88 bits per heavy atom. The molecule has 2 rings (SSSR count). The SMILES string of the molecule is CC(C)(c1ccc(OC(O)COCCO)cc1)c1ccc(OC(O)COCCO)c(Br)c1Br. The molecule has 10 heteroatoms. The fourth-order valence-corrected chi connectivity index (χ4v) is 4.34. The lowest BCUT2D eigenvalue weighted by atomic mass is 9.78. The van der Waals surface area contributed by atoms with Crippen LogP contribution in [0.25, 0.3) is 0 Å². The van der Waals surface area contributed by atoms with Crippen LogP contribution in [0, 0.1) is 0 Å². The molecule has 0 aliphatic rings. The van der Waals surface area contributed by atoms with Crippen molar-refractivity contribution in [2.24, 2.45) is 0 Å². The number of rotatable bonds is 14. The van der Waals surface area contributed by atoms with Gasteiger partial charge in [-0.3, -0.25) is 0 Å². The highest BCUT2D eigenvalue weighted by Crippen LogP contribution is 2.43. The summed E-state index contributed by atoms with van der Waals surface area (Å²) in [7, 11) is 0. The average Bonchev–Trinajstić information content (AvgIpc) is 2.77. The maximum Gasteiger partial charge on any atom is 0.221 e. The summed E-state index contributed by atoms with van der Waals surface area (Å²) in [6, 6.07) is 11.1. The van der Waals surface area contributed by atoms with Crippen molar-refractivity contribution in [2.75, 3.05) is 39.6 Å². The lowest BCUT2D eigenvalue weighted by Crippen LogP contribution is -2.24. The number of halogens is 2. The summed E-state index contributed by atoms with van der Waals surface area (Å²) in [4.78, 5) is 0. The van der Waals surface area contributed by atoms with E-state index in [1.54, 1.807) is 18.2 Å². The van der Waals surface area contributed by atoms with Crippen molar-refractivity contribution in [2.45, 2.75) is 31.8 Å². The molecule has 0 aromatic heterocycles. The molecule has 33 heavy (non-hydrogen) atoms. The first-order valence-electron chi connectivity index (χ1n) is 10.4. The van der Waals surface area contributed by atoms with Gasteiger partial charge in [-0.2, -0.15) is 0 Å². The van der Waals surface area contributed by atoms with Gasteiger partial charge in [0.2, 0.25) is 12.6 Å². The maximum absolute atomic E-state index is 9.99. The van der Waals surface area contributed by atoms with E-state index < -0.39 is 18.0 Å². The van der Waals surface area contributed by atoms with Gasteiger partial charge in [-0.25, -0.2) is 0 Å². The van der Waals surface area contributed by atoms with Crippen LogP contribution in [0.5, 0.6) is 11.5 Å². The second-order valence-electron chi connectivity index (χ2n) is 7.63. The smallest absolute Gasteiger partial charge is 0.221 e.